The highest BCUT2D eigenvalue weighted by molar-refractivity contribution is 9.10. The predicted molar refractivity (Wildman–Crippen MR) is 119 cm³/mol. The van der Waals surface area contributed by atoms with Crippen molar-refractivity contribution in [1.29, 1.82) is 0 Å². The molecular formula is C23H25BrN2O4. The standard InChI is InChI=1S/C23H25BrN2O4/c1-30-22(28)16-26-21(27)5-3-2-4-14-25-23(29)19-10-6-17(7-11-19)15-18-8-12-20(24)13-9-18/h4,6-14H,2-3,5,15-16H2,1H3,(H,25,29)(H,26,27)/b14-4-. The zero-order valence-electron chi connectivity index (χ0n) is 16.8. The summed E-state index contributed by atoms with van der Waals surface area (Å²) in [6.45, 7) is -0.122. The molecule has 2 amide bonds. The lowest BCUT2D eigenvalue weighted by Crippen LogP contribution is -2.29. The number of ether oxygens (including phenoxy) is 1. The third-order valence-electron chi connectivity index (χ3n) is 4.30. The normalized spacial score (nSPS) is 10.6. The van der Waals surface area contributed by atoms with Crippen molar-refractivity contribution < 1.29 is 19.1 Å². The minimum atomic E-state index is -0.479. The fraction of sp³-hybridized carbons (Fsp3) is 0.261. The topological polar surface area (TPSA) is 84.5 Å². The molecule has 0 bridgehead atoms. The van der Waals surface area contributed by atoms with Crippen molar-refractivity contribution in [2.75, 3.05) is 13.7 Å². The molecule has 0 aliphatic heterocycles. The van der Waals surface area contributed by atoms with Crippen molar-refractivity contribution in [3.8, 4) is 0 Å². The minimum absolute atomic E-state index is 0.122. The molecule has 30 heavy (non-hydrogen) atoms. The van der Waals surface area contributed by atoms with E-state index in [0.29, 0.717) is 24.8 Å². The average Bonchev–Trinajstić information content (AvgIpc) is 2.76. The maximum atomic E-state index is 12.2. The zero-order valence-corrected chi connectivity index (χ0v) is 18.4. The number of hydrogen-bond donors (Lipinski definition) is 2. The number of esters is 1. The van der Waals surface area contributed by atoms with E-state index in [-0.39, 0.29) is 18.4 Å². The van der Waals surface area contributed by atoms with Crippen LogP contribution in [-0.2, 0) is 20.7 Å². The number of methoxy groups -OCH3 is 1. The summed E-state index contributed by atoms with van der Waals surface area (Å²) in [6.07, 6.45) is 5.75. The van der Waals surface area contributed by atoms with Crippen LogP contribution in [0.15, 0.2) is 65.3 Å². The minimum Gasteiger partial charge on any atom is -0.468 e. The van der Waals surface area contributed by atoms with Gasteiger partial charge >= 0.3 is 5.97 Å². The number of allylic oxidation sites excluding steroid dienone is 1. The Kier molecular flexibility index (Phi) is 9.80. The van der Waals surface area contributed by atoms with Crippen LogP contribution in [-0.4, -0.2) is 31.4 Å². The summed E-state index contributed by atoms with van der Waals surface area (Å²) < 4.78 is 5.50. The molecule has 2 aromatic rings. The second-order valence-corrected chi connectivity index (χ2v) is 7.54. The summed E-state index contributed by atoms with van der Waals surface area (Å²) in [6, 6.07) is 15.7. The molecule has 2 aromatic carbocycles. The van der Waals surface area contributed by atoms with Gasteiger partial charge in [-0.1, -0.05) is 46.3 Å². The number of carbonyl (C=O) groups excluding carboxylic acids is 3. The van der Waals surface area contributed by atoms with Crippen LogP contribution >= 0.6 is 15.9 Å². The van der Waals surface area contributed by atoms with E-state index >= 15 is 0 Å². The monoisotopic (exact) mass is 472 g/mol. The Morgan fingerprint density at radius 2 is 1.63 bits per heavy atom. The number of benzene rings is 2. The van der Waals surface area contributed by atoms with Gasteiger partial charge < -0.3 is 15.4 Å². The first kappa shape index (κ1) is 23.3. The number of hydrogen-bond acceptors (Lipinski definition) is 4. The van der Waals surface area contributed by atoms with Crippen LogP contribution < -0.4 is 10.6 Å². The van der Waals surface area contributed by atoms with Gasteiger partial charge in [-0.15, -0.1) is 0 Å². The van der Waals surface area contributed by atoms with Crippen LogP contribution in [0.4, 0.5) is 0 Å². The molecule has 0 fully saturated rings. The van der Waals surface area contributed by atoms with E-state index in [1.54, 1.807) is 12.3 Å². The van der Waals surface area contributed by atoms with E-state index in [2.05, 4.69) is 43.4 Å². The highest BCUT2D eigenvalue weighted by Gasteiger charge is 2.05. The van der Waals surface area contributed by atoms with Gasteiger partial charge in [-0.3, -0.25) is 14.4 Å². The van der Waals surface area contributed by atoms with E-state index in [1.807, 2.05) is 36.4 Å². The molecule has 0 saturated heterocycles. The van der Waals surface area contributed by atoms with Crippen LogP contribution in [0.5, 0.6) is 0 Å². The summed E-state index contributed by atoms with van der Waals surface area (Å²) in [5.41, 5.74) is 2.92. The van der Waals surface area contributed by atoms with Gasteiger partial charge in [0.25, 0.3) is 5.91 Å². The summed E-state index contributed by atoms with van der Waals surface area (Å²) >= 11 is 3.43. The first-order chi connectivity index (χ1) is 14.5. The lowest BCUT2D eigenvalue weighted by molar-refractivity contribution is -0.141. The van der Waals surface area contributed by atoms with Crippen molar-refractivity contribution in [1.82, 2.24) is 10.6 Å². The van der Waals surface area contributed by atoms with E-state index < -0.39 is 5.97 Å². The summed E-state index contributed by atoms with van der Waals surface area (Å²) in [5.74, 6) is -0.870. The highest BCUT2D eigenvalue weighted by Crippen LogP contribution is 2.15. The van der Waals surface area contributed by atoms with E-state index in [1.165, 1.54) is 12.7 Å². The van der Waals surface area contributed by atoms with Gasteiger partial charge in [0, 0.05) is 22.7 Å². The third kappa shape index (κ3) is 8.61. The van der Waals surface area contributed by atoms with E-state index in [0.717, 1.165) is 16.5 Å². The molecule has 0 aliphatic carbocycles. The maximum absolute atomic E-state index is 12.2. The average molecular weight is 473 g/mol. The Morgan fingerprint density at radius 3 is 2.27 bits per heavy atom. The van der Waals surface area contributed by atoms with Crippen molar-refractivity contribution in [2.45, 2.75) is 25.7 Å². The Bertz CT molecular complexity index is 877. The molecule has 0 saturated carbocycles. The number of nitrogens with one attached hydrogen (secondary N) is 2. The highest BCUT2D eigenvalue weighted by atomic mass is 79.9. The molecule has 0 spiro atoms. The Hall–Kier alpha value is -2.93. The van der Waals surface area contributed by atoms with Crippen molar-refractivity contribution >= 4 is 33.7 Å². The third-order valence-corrected chi connectivity index (χ3v) is 4.83. The van der Waals surface area contributed by atoms with Crippen LogP contribution in [0.25, 0.3) is 0 Å². The molecule has 2 N–H and O–H groups in total. The Morgan fingerprint density at radius 1 is 1.00 bits per heavy atom. The van der Waals surface area contributed by atoms with Crippen LogP contribution in [0.2, 0.25) is 0 Å². The van der Waals surface area contributed by atoms with Gasteiger partial charge in [0.1, 0.15) is 6.54 Å². The van der Waals surface area contributed by atoms with Crippen LogP contribution in [0.3, 0.4) is 0 Å². The predicted octanol–water partition coefficient (Wildman–Crippen LogP) is 3.74. The maximum Gasteiger partial charge on any atom is 0.325 e. The molecule has 158 valence electrons. The summed E-state index contributed by atoms with van der Waals surface area (Å²) in [7, 11) is 1.27. The number of carbonyl (C=O) groups is 3. The van der Waals surface area contributed by atoms with Crippen LogP contribution in [0.1, 0.15) is 40.7 Å². The molecule has 7 heteroatoms. The number of unbranched alkanes of at least 4 members (excludes halogenated alkanes) is 1. The van der Waals surface area contributed by atoms with Crippen molar-refractivity contribution in [3.63, 3.8) is 0 Å². The summed E-state index contributed by atoms with van der Waals surface area (Å²) in [5, 5.41) is 5.20. The van der Waals surface area contributed by atoms with E-state index in [4.69, 9.17) is 0 Å². The Balaban J connectivity index is 1.68. The SMILES string of the molecule is COC(=O)CNC(=O)CCC/C=C\NC(=O)c1ccc(Cc2ccc(Br)cc2)cc1. The lowest BCUT2D eigenvalue weighted by atomic mass is 10.0. The second-order valence-electron chi connectivity index (χ2n) is 6.62. The van der Waals surface area contributed by atoms with Crippen molar-refractivity contribution in [2.24, 2.45) is 0 Å². The molecule has 0 atom stereocenters. The van der Waals surface area contributed by atoms with Gasteiger partial charge in [0.15, 0.2) is 0 Å². The number of halogens is 1. The van der Waals surface area contributed by atoms with E-state index in [9.17, 15) is 14.4 Å². The fourth-order valence-electron chi connectivity index (χ4n) is 2.62. The summed E-state index contributed by atoms with van der Waals surface area (Å²) in [4.78, 5) is 34.7. The van der Waals surface area contributed by atoms with Gasteiger partial charge in [0.05, 0.1) is 7.11 Å². The first-order valence-corrected chi connectivity index (χ1v) is 10.4. The molecule has 0 aromatic heterocycles. The van der Waals surface area contributed by atoms with Gasteiger partial charge in [-0.05, 0) is 54.7 Å². The van der Waals surface area contributed by atoms with Gasteiger partial charge in [0.2, 0.25) is 5.91 Å². The fourth-order valence-corrected chi connectivity index (χ4v) is 2.89. The Labute approximate surface area is 184 Å². The zero-order chi connectivity index (χ0) is 21.8. The molecule has 2 rings (SSSR count). The molecule has 0 heterocycles. The molecule has 0 unspecified atom stereocenters. The second kappa shape index (κ2) is 12.6. The number of rotatable bonds is 10. The molecule has 6 nitrogen and oxygen atoms in total. The number of amides is 2. The van der Waals surface area contributed by atoms with Gasteiger partial charge in [-0.25, -0.2) is 0 Å². The smallest absolute Gasteiger partial charge is 0.325 e. The van der Waals surface area contributed by atoms with Gasteiger partial charge in [-0.2, -0.15) is 0 Å². The first-order valence-electron chi connectivity index (χ1n) is 9.60. The van der Waals surface area contributed by atoms with Crippen LogP contribution in [0, 0.1) is 0 Å². The van der Waals surface area contributed by atoms with Crippen molar-refractivity contribution in [3.05, 3.63) is 82.0 Å². The molecule has 0 aliphatic rings. The molecule has 0 radical (unpaired) electrons. The molecular weight excluding hydrogens is 448 g/mol. The quantitative estimate of drug-likeness (QED) is 0.407. The largest absolute Gasteiger partial charge is 0.468 e. The lowest BCUT2D eigenvalue weighted by Gasteiger charge is -2.05.